The van der Waals surface area contributed by atoms with Crippen LogP contribution < -0.4 is 4.74 Å². The van der Waals surface area contributed by atoms with E-state index < -0.39 is 0 Å². The molecule has 0 saturated carbocycles. The summed E-state index contributed by atoms with van der Waals surface area (Å²) in [6.45, 7) is 2.71. The molecule has 0 aliphatic heterocycles. The number of carbonyl (C=O) groups excluding carboxylic acids is 1. The van der Waals surface area contributed by atoms with E-state index in [0.29, 0.717) is 17.9 Å². The summed E-state index contributed by atoms with van der Waals surface area (Å²) in [7, 11) is 0. The van der Waals surface area contributed by atoms with Crippen LogP contribution in [0.3, 0.4) is 0 Å². The van der Waals surface area contributed by atoms with E-state index in [0.717, 1.165) is 12.7 Å². The molecular weight excluding hydrogens is 160 g/mol. The molecule has 1 aromatic rings. The smallest absolute Gasteiger partial charge is 0.154 e. The van der Waals surface area contributed by atoms with Gasteiger partial charge in [0, 0.05) is 10.8 Å². The third-order valence-corrected chi connectivity index (χ3v) is 1.98. The van der Waals surface area contributed by atoms with Gasteiger partial charge in [-0.1, -0.05) is 6.92 Å². The first kappa shape index (κ1) is 8.27. The Kier molecular flexibility index (Phi) is 3.11. The molecule has 0 amide bonds. The van der Waals surface area contributed by atoms with Gasteiger partial charge in [0.25, 0.3) is 0 Å². The van der Waals surface area contributed by atoms with Crippen LogP contribution in [-0.2, 0) is 0 Å². The monoisotopic (exact) mass is 170 g/mol. The first-order chi connectivity index (χ1) is 5.38. The van der Waals surface area contributed by atoms with Gasteiger partial charge in [-0.25, -0.2) is 0 Å². The average Bonchev–Trinajstić information content (AvgIpc) is 2.47. The van der Waals surface area contributed by atoms with Crippen molar-refractivity contribution in [2.24, 2.45) is 0 Å². The molecule has 2 nitrogen and oxygen atoms in total. The largest absolute Gasteiger partial charge is 0.492 e. The van der Waals surface area contributed by atoms with Gasteiger partial charge in [-0.15, -0.1) is 11.3 Å². The number of aldehydes is 1. The molecule has 0 spiro atoms. The summed E-state index contributed by atoms with van der Waals surface area (Å²) in [6.07, 6.45) is 1.79. The van der Waals surface area contributed by atoms with Gasteiger partial charge in [-0.05, 0) is 6.42 Å². The molecule has 0 unspecified atom stereocenters. The van der Waals surface area contributed by atoms with Crippen LogP contribution in [0.25, 0.3) is 0 Å². The maximum absolute atomic E-state index is 10.4. The molecule has 0 aliphatic rings. The second-order valence-electron chi connectivity index (χ2n) is 2.16. The Bertz CT molecular complexity index is 230. The minimum absolute atomic E-state index is 0.656. The van der Waals surface area contributed by atoms with E-state index in [9.17, 15) is 4.79 Å². The molecule has 0 saturated heterocycles. The fourth-order valence-electron chi connectivity index (χ4n) is 0.710. The Morgan fingerprint density at radius 3 is 3.09 bits per heavy atom. The van der Waals surface area contributed by atoms with E-state index in [1.165, 1.54) is 11.3 Å². The Morgan fingerprint density at radius 2 is 2.45 bits per heavy atom. The third-order valence-electron chi connectivity index (χ3n) is 1.24. The van der Waals surface area contributed by atoms with Crippen molar-refractivity contribution < 1.29 is 9.53 Å². The van der Waals surface area contributed by atoms with Gasteiger partial charge in [-0.3, -0.25) is 4.79 Å². The van der Waals surface area contributed by atoms with Crippen molar-refractivity contribution in [1.82, 2.24) is 0 Å². The zero-order valence-corrected chi connectivity index (χ0v) is 7.19. The molecule has 1 rings (SSSR count). The maximum Gasteiger partial charge on any atom is 0.154 e. The molecule has 0 fully saturated rings. The zero-order chi connectivity index (χ0) is 8.10. The highest BCUT2D eigenvalue weighted by Crippen LogP contribution is 2.21. The number of hydrogen-bond donors (Lipinski definition) is 0. The summed E-state index contributed by atoms with van der Waals surface area (Å²) < 4.78 is 5.30. The quantitative estimate of drug-likeness (QED) is 0.648. The minimum Gasteiger partial charge on any atom is -0.492 e. The summed E-state index contributed by atoms with van der Waals surface area (Å²) >= 11 is 1.48. The lowest BCUT2D eigenvalue weighted by Crippen LogP contribution is -1.95. The van der Waals surface area contributed by atoms with Gasteiger partial charge in [-0.2, -0.15) is 0 Å². The molecule has 3 heteroatoms. The SMILES string of the molecule is CCCOc1cscc1C=O. The Labute approximate surface area is 69.8 Å². The molecule has 0 bridgehead atoms. The lowest BCUT2D eigenvalue weighted by atomic mass is 10.3. The molecule has 1 aromatic heterocycles. The molecule has 0 aromatic carbocycles. The number of hydrogen-bond acceptors (Lipinski definition) is 3. The van der Waals surface area contributed by atoms with Gasteiger partial charge in [0.1, 0.15) is 5.75 Å². The molecule has 11 heavy (non-hydrogen) atoms. The van der Waals surface area contributed by atoms with Crippen molar-refractivity contribution >= 4 is 17.6 Å². The van der Waals surface area contributed by atoms with Crippen molar-refractivity contribution in [1.29, 1.82) is 0 Å². The predicted molar refractivity (Wildman–Crippen MR) is 45.5 cm³/mol. The number of rotatable bonds is 4. The predicted octanol–water partition coefficient (Wildman–Crippen LogP) is 2.35. The molecule has 60 valence electrons. The fourth-order valence-corrected chi connectivity index (χ4v) is 1.42. The van der Waals surface area contributed by atoms with Crippen molar-refractivity contribution in [2.45, 2.75) is 13.3 Å². The van der Waals surface area contributed by atoms with E-state index in [4.69, 9.17) is 4.74 Å². The highest BCUT2D eigenvalue weighted by atomic mass is 32.1. The first-order valence-electron chi connectivity index (χ1n) is 3.52. The Morgan fingerprint density at radius 1 is 1.64 bits per heavy atom. The van der Waals surface area contributed by atoms with Gasteiger partial charge in [0.2, 0.25) is 0 Å². The summed E-state index contributed by atoms with van der Waals surface area (Å²) in [5, 5.41) is 3.64. The van der Waals surface area contributed by atoms with Gasteiger partial charge in [0.15, 0.2) is 6.29 Å². The lowest BCUT2D eigenvalue weighted by Gasteiger charge is -2.00. The van der Waals surface area contributed by atoms with Gasteiger partial charge >= 0.3 is 0 Å². The maximum atomic E-state index is 10.4. The van der Waals surface area contributed by atoms with Crippen LogP contribution in [0.4, 0.5) is 0 Å². The fraction of sp³-hybridized carbons (Fsp3) is 0.375. The van der Waals surface area contributed by atoms with Crippen LogP contribution in [0.1, 0.15) is 23.7 Å². The summed E-state index contributed by atoms with van der Waals surface area (Å²) in [5.41, 5.74) is 0.656. The second-order valence-corrected chi connectivity index (χ2v) is 2.90. The van der Waals surface area contributed by atoms with Crippen LogP contribution in [0.2, 0.25) is 0 Å². The standard InChI is InChI=1S/C8H10O2S/c1-2-3-10-8-6-11-5-7(8)4-9/h4-6H,2-3H2,1H3. The summed E-state index contributed by atoms with van der Waals surface area (Å²) in [6, 6.07) is 0. The van der Waals surface area contributed by atoms with Crippen LogP contribution in [0, 0.1) is 0 Å². The minimum atomic E-state index is 0.656. The van der Waals surface area contributed by atoms with Crippen molar-refractivity contribution in [2.75, 3.05) is 6.61 Å². The van der Waals surface area contributed by atoms with Gasteiger partial charge in [0.05, 0.1) is 12.2 Å². The molecule has 0 atom stereocenters. The zero-order valence-electron chi connectivity index (χ0n) is 6.37. The summed E-state index contributed by atoms with van der Waals surface area (Å²) in [5.74, 6) is 0.715. The molecular formula is C8H10O2S. The van der Waals surface area contributed by atoms with Crippen LogP contribution in [-0.4, -0.2) is 12.9 Å². The Hall–Kier alpha value is -0.830. The average molecular weight is 170 g/mol. The molecule has 1 heterocycles. The van der Waals surface area contributed by atoms with E-state index in [1.54, 1.807) is 5.38 Å². The van der Waals surface area contributed by atoms with Crippen LogP contribution in [0.15, 0.2) is 10.8 Å². The lowest BCUT2D eigenvalue weighted by molar-refractivity contribution is 0.112. The first-order valence-corrected chi connectivity index (χ1v) is 4.47. The summed E-state index contributed by atoms with van der Waals surface area (Å²) in [4.78, 5) is 10.4. The molecule has 0 radical (unpaired) electrons. The second kappa shape index (κ2) is 4.13. The highest BCUT2D eigenvalue weighted by Gasteiger charge is 2.01. The number of ether oxygens (including phenoxy) is 1. The molecule has 0 aliphatic carbocycles. The van der Waals surface area contributed by atoms with E-state index in [-0.39, 0.29) is 0 Å². The Balaban J connectivity index is 2.61. The van der Waals surface area contributed by atoms with Crippen LogP contribution in [0.5, 0.6) is 5.75 Å². The number of thiophene rings is 1. The van der Waals surface area contributed by atoms with E-state index >= 15 is 0 Å². The van der Waals surface area contributed by atoms with E-state index in [2.05, 4.69) is 0 Å². The highest BCUT2D eigenvalue weighted by molar-refractivity contribution is 7.08. The van der Waals surface area contributed by atoms with Gasteiger partial charge < -0.3 is 4.74 Å². The third kappa shape index (κ3) is 2.05. The van der Waals surface area contributed by atoms with Crippen molar-refractivity contribution in [3.63, 3.8) is 0 Å². The number of carbonyl (C=O) groups is 1. The molecule has 0 N–H and O–H groups in total. The van der Waals surface area contributed by atoms with Crippen molar-refractivity contribution in [3.05, 3.63) is 16.3 Å². The van der Waals surface area contributed by atoms with Crippen molar-refractivity contribution in [3.8, 4) is 5.75 Å². The van der Waals surface area contributed by atoms with E-state index in [1.807, 2.05) is 12.3 Å². The normalized spacial score (nSPS) is 9.55. The van der Waals surface area contributed by atoms with Crippen LogP contribution >= 0.6 is 11.3 Å². The topological polar surface area (TPSA) is 26.3 Å².